The molecule has 0 saturated heterocycles. The van der Waals surface area contributed by atoms with Gasteiger partial charge in [0.05, 0.1) is 5.01 Å². The van der Waals surface area contributed by atoms with Crippen LogP contribution in [0.4, 0.5) is 0 Å². The molecule has 88 valence electrons. The van der Waals surface area contributed by atoms with E-state index in [1.165, 1.54) is 0 Å². The second-order valence-electron chi connectivity index (χ2n) is 5.47. The summed E-state index contributed by atoms with van der Waals surface area (Å²) in [5.41, 5.74) is 6.38. The zero-order chi connectivity index (χ0) is 11.9. The van der Waals surface area contributed by atoms with Gasteiger partial charge in [-0.25, -0.2) is 4.98 Å². The third-order valence-corrected chi connectivity index (χ3v) is 4.39. The highest BCUT2D eigenvalue weighted by Crippen LogP contribution is 2.34. The minimum atomic E-state index is 0.0283. The van der Waals surface area contributed by atoms with E-state index in [-0.39, 0.29) is 11.2 Å². The van der Waals surface area contributed by atoms with Crippen molar-refractivity contribution in [3.05, 3.63) is 15.6 Å². The van der Waals surface area contributed by atoms with E-state index in [0.717, 1.165) is 16.3 Å². The van der Waals surface area contributed by atoms with Crippen LogP contribution >= 0.6 is 11.3 Å². The van der Waals surface area contributed by atoms with Crippen molar-refractivity contribution in [3.8, 4) is 0 Å². The maximum atomic E-state index is 11.9. The molecule has 1 aromatic heterocycles. The van der Waals surface area contributed by atoms with Gasteiger partial charge in [-0.05, 0) is 18.9 Å². The number of carbonyl (C=O) groups excluding carboxylic acids is 1. The summed E-state index contributed by atoms with van der Waals surface area (Å²) >= 11 is 1.68. The second-order valence-corrected chi connectivity index (χ2v) is 6.56. The standard InChI is InChI=1S/C12H18N2OS/c1-12(2,3)11-14-10-8(15)4-7(6-13)5-9(10)16-11/h7H,4-6,13H2,1-3H3. The minimum absolute atomic E-state index is 0.0283. The lowest BCUT2D eigenvalue weighted by atomic mass is 9.90. The highest BCUT2D eigenvalue weighted by molar-refractivity contribution is 7.12. The number of nitrogens with two attached hydrogens (primary N) is 1. The Hall–Kier alpha value is -0.740. The summed E-state index contributed by atoms with van der Waals surface area (Å²) in [5.74, 6) is 0.483. The summed E-state index contributed by atoms with van der Waals surface area (Å²) in [6, 6.07) is 0. The van der Waals surface area contributed by atoms with Gasteiger partial charge in [-0.1, -0.05) is 20.8 Å². The van der Waals surface area contributed by atoms with E-state index >= 15 is 0 Å². The highest BCUT2D eigenvalue weighted by Gasteiger charge is 2.30. The molecule has 1 unspecified atom stereocenters. The molecule has 1 atom stereocenters. The van der Waals surface area contributed by atoms with Crippen molar-refractivity contribution in [2.45, 2.75) is 39.0 Å². The number of hydrogen-bond donors (Lipinski definition) is 1. The topological polar surface area (TPSA) is 56.0 Å². The van der Waals surface area contributed by atoms with Crippen LogP contribution in [0.2, 0.25) is 0 Å². The Kier molecular flexibility index (Phi) is 2.88. The normalized spacial score (nSPS) is 21.0. The fraction of sp³-hybridized carbons (Fsp3) is 0.667. The summed E-state index contributed by atoms with van der Waals surface area (Å²) in [6.07, 6.45) is 1.49. The third-order valence-electron chi connectivity index (χ3n) is 2.88. The molecule has 2 N–H and O–H groups in total. The molecule has 0 spiro atoms. The van der Waals surface area contributed by atoms with Crippen LogP contribution in [-0.2, 0) is 11.8 Å². The van der Waals surface area contributed by atoms with Gasteiger partial charge < -0.3 is 5.73 Å². The van der Waals surface area contributed by atoms with Crippen molar-refractivity contribution in [2.75, 3.05) is 6.54 Å². The zero-order valence-electron chi connectivity index (χ0n) is 10.0. The van der Waals surface area contributed by atoms with Crippen molar-refractivity contribution in [1.29, 1.82) is 0 Å². The Labute approximate surface area is 100 Å². The van der Waals surface area contributed by atoms with E-state index in [9.17, 15) is 4.79 Å². The maximum absolute atomic E-state index is 11.9. The first kappa shape index (κ1) is 11.7. The van der Waals surface area contributed by atoms with Crippen LogP contribution < -0.4 is 5.73 Å². The average Bonchev–Trinajstić information content (AvgIpc) is 2.61. The van der Waals surface area contributed by atoms with Gasteiger partial charge in [0.25, 0.3) is 0 Å². The molecule has 1 aliphatic carbocycles. The number of nitrogens with zero attached hydrogens (tertiary/aromatic N) is 1. The number of aromatic nitrogens is 1. The van der Waals surface area contributed by atoms with E-state index in [0.29, 0.717) is 24.6 Å². The van der Waals surface area contributed by atoms with Crippen molar-refractivity contribution in [3.63, 3.8) is 0 Å². The summed E-state index contributed by atoms with van der Waals surface area (Å²) in [5, 5.41) is 1.06. The van der Waals surface area contributed by atoms with Crippen LogP contribution in [0.5, 0.6) is 0 Å². The molecule has 0 bridgehead atoms. The lowest BCUT2D eigenvalue weighted by Crippen LogP contribution is -2.25. The summed E-state index contributed by atoms with van der Waals surface area (Å²) in [7, 11) is 0. The zero-order valence-corrected chi connectivity index (χ0v) is 10.9. The molecule has 0 radical (unpaired) electrons. The van der Waals surface area contributed by atoms with Crippen LogP contribution in [0.15, 0.2) is 0 Å². The second kappa shape index (κ2) is 3.93. The molecule has 0 saturated carbocycles. The molecule has 2 rings (SSSR count). The quantitative estimate of drug-likeness (QED) is 0.815. The van der Waals surface area contributed by atoms with Crippen LogP contribution in [0, 0.1) is 5.92 Å². The van der Waals surface area contributed by atoms with E-state index in [1.807, 2.05) is 0 Å². The van der Waals surface area contributed by atoms with Gasteiger partial charge in [0.2, 0.25) is 0 Å². The van der Waals surface area contributed by atoms with Crippen LogP contribution in [0.3, 0.4) is 0 Å². The Morgan fingerprint density at radius 1 is 1.44 bits per heavy atom. The molecule has 0 fully saturated rings. The molecular weight excluding hydrogens is 220 g/mol. The first-order chi connectivity index (χ1) is 7.41. The smallest absolute Gasteiger partial charge is 0.182 e. The number of hydrogen-bond acceptors (Lipinski definition) is 4. The first-order valence-corrected chi connectivity index (χ1v) is 6.47. The molecule has 3 nitrogen and oxygen atoms in total. The SMILES string of the molecule is CC(C)(C)c1nc2c(s1)CC(CN)CC2=O. The Bertz CT molecular complexity index is 417. The molecule has 0 aliphatic heterocycles. The molecule has 4 heteroatoms. The van der Waals surface area contributed by atoms with Gasteiger partial charge in [0.1, 0.15) is 5.69 Å². The molecule has 1 aromatic rings. The molecule has 1 heterocycles. The fourth-order valence-electron chi connectivity index (χ4n) is 1.89. The lowest BCUT2D eigenvalue weighted by Gasteiger charge is -2.17. The van der Waals surface area contributed by atoms with Gasteiger partial charge in [-0.3, -0.25) is 4.79 Å². The van der Waals surface area contributed by atoms with Gasteiger partial charge >= 0.3 is 0 Å². The maximum Gasteiger partial charge on any atom is 0.182 e. The minimum Gasteiger partial charge on any atom is -0.330 e. The van der Waals surface area contributed by atoms with Crippen molar-refractivity contribution < 1.29 is 4.79 Å². The molecule has 0 aromatic carbocycles. The lowest BCUT2D eigenvalue weighted by molar-refractivity contribution is 0.0946. The summed E-state index contributed by atoms with van der Waals surface area (Å²) in [4.78, 5) is 17.5. The Balaban J connectivity index is 2.38. The number of rotatable bonds is 1. The summed E-state index contributed by atoms with van der Waals surface area (Å²) in [6.45, 7) is 6.97. The van der Waals surface area contributed by atoms with Gasteiger partial charge in [0, 0.05) is 16.7 Å². The van der Waals surface area contributed by atoms with Crippen LogP contribution in [0.1, 0.15) is 47.6 Å². The van der Waals surface area contributed by atoms with E-state index < -0.39 is 0 Å². The molecule has 16 heavy (non-hydrogen) atoms. The van der Waals surface area contributed by atoms with Crippen molar-refractivity contribution in [2.24, 2.45) is 11.7 Å². The van der Waals surface area contributed by atoms with Crippen LogP contribution in [0.25, 0.3) is 0 Å². The largest absolute Gasteiger partial charge is 0.330 e. The molecular formula is C12H18N2OS. The van der Waals surface area contributed by atoms with Gasteiger partial charge in [-0.15, -0.1) is 11.3 Å². The number of Topliss-reactive ketones (excluding diaryl/α,β-unsaturated/α-hetero) is 1. The molecule has 0 amide bonds. The van der Waals surface area contributed by atoms with Crippen molar-refractivity contribution in [1.82, 2.24) is 4.98 Å². The van der Waals surface area contributed by atoms with Crippen LogP contribution in [-0.4, -0.2) is 17.3 Å². The van der Waals surface area contributed by atoms with E-state index in [4.69, 9.17) is 5.73 Å². The van der Waals surface area contributed by atoms with E-state index in [1.54, 1.807) is 11.3 Å². The monoisotopic (exact) mass is 238 g/mol. The predicted molar refractivity (Wildman–Crippen MR) is 66.0 cm³/mol. The predicted octanol–water partition coefficient (Wildman–Crippen LogP) is 2.14. The van der Waals surface area contributed by atoms with Gasteiger partial charge in [-0.2, -0.15) is 0 Å². The molecule has 1 aliphatic rings. The fourth-order valence-corrected chi connectivity index (χ4v) is 3.14. The Morgan fingerprint density at radius 3 is 2.69 bits per heavy atom. The Morgan fingerprint density at radius 2 is 2.12 bits per heavy atom. The number of thiazole rings is 1. The highest BCUT2D eigenvalue weighted by atomic mass is 32.1. The van der Waals surface area contributed by atoms with Crippen molar-refractivity contribution >= 4 is 17.1 Å². The summed E-state index contributed by atoms with van der Waals surface area (Å²) < 4.78 is 0. The van der Waals surface area contributed by atoms with E-state index in [2.05, 4.69) is 25.8 Å². The first-order valence-electron chi connectivity index (χ1n) is 5.65. The average molecular weight is 238 g/mol. The number of fused-ring (bicyclic) bond motifs is 1. The number of ketones is 1. The third kappa shape index (κ3) is 2.04. The number of carbonyl (C=O) groups is 1. The van der Waals surface area contributed by atoms with Gasteiger partial charge in [0.15, 0.2) is 5.78 Å².